The Morgan fingerprint density at radius 1 is 1.09 bits per heavy atom. The van der Waals surface area contributed by atoms with Crippen LogP contribution in [-0.2, 0) is 16.5 Å². The second-order valence-corrected chi connectivity index (χ2v) is 10.5. The molecule has 0 aliphatic rings. The van der Waals surface area contributed by atoms with Gasteiger partial charge in [-0.1, -0.05) is 5.70 Å². The largest absolute Gasteiger partial charge is 0.449 e. The molecule has 0 aromatic rings. The summed E-state index contributed by atoms with van der Waals surface area (Å²) >= 11 is 0. The van der Waals surface area contributed by atoms with Crippen molar-refractivity contribution in [2.75, 3.05) is 0 Å². The minimum atomic E-state index is -0.744. The van der Waals surface area contributed by atoms with Gasteiger partial charge in [-0.25, -0.2) is 0 Å². The first-order chi connectivity index (χ1) is 5.41. The Bertz CT molecular complexity index is 90.6. The van der Waals surface area contributed by atoms with Gasteiger partial charge in [0.05, 0.1) is 0 Å². The average molecular weight is 243 g/mol. The van der Waals surface area contributed by atoms with Crippen LogP contribution in [0.25, 0.3) is 0 Å². The molecule has 0 aliphatic carbocycles. The molecule has 0 N–H and O–H groups in total. The Balaban J connectivity index is 2.74. The Morgan fingerprint density at radius 3 is 2.36 bits per heavy atom. The molecule has 0 atom stereocenters. The zero-order valence-electron chi connectivity index (χ0n) is 6.75. The molecule has 11 heavy (non-hydrogen) atoms. The van der Waals surface area contributed by atoms with Gasteiger partial charge in [0.1, 0.15) is 10.5 Å². The van der Waals surface area contributed by atoms with Crippen molar-refractivity contribution in [1.82, 2.24) is 0 Å². The fraction of sp³-hybridized carbons (Fsp3) is 0. The highest BCUT2D eigenvalue weighted by atomic mass is 28.4. The molecule has 0 bridgehead atoms. The fourth-order valence-corrected chi connectivity index (χ4v) is 7.23. The molecule has 0 unspecified atom stereocenters. The molecule has 0 radical (unpaired) electrons. The first-order valence-corrected chi connectivity index (χ1v) is 8.92. The van der Waals surface area contributed by atoms with Gasteiger partial charge in [0.15, 0.2) is 9.76 Å². The Hall–Kier alpha value is 0.664. The molecule has 0 saturated heterocycles. The van der Waals surface area contributed by atoms with Crippen LogP contribution >= 0.6 is 0 Å². The first-order valence-electron chi connectivity index (χ1n) is 3.25. The smallest absolute Gasteiger partial charge is 0.286 e. The quantitative estimate of drug-likeness (QED) is 0.318. The van der Waals surface area contributed by atoms with Crippen molar-refractivity contribution in [3.05, 3.63) is 12.3 Å². The van der Waals surface area contributed by atoms with Crippen molar-refractivity contribution < 1.29 is 16.5 Å². The van der Waals surface area contributed by atoms with Gasteiger partial charge < -0.3 is 16.5 Å². The summed E-state index contributed by atoms with van der Waals surface area (Å²) in [7, 11) is -1.81. The molecule has 66 valence electrons. The maximum atomic E-state index is 5.24. The number of hydrogen-bond acceptors (Lipinski definition) is 4. The summed E-state index contributed by atoms with van der Waals surface area (Å²) < 4.78 is 20.6. The SMILES string of the molecule is C=C[SiH2]O[SiH2]O[SiH2]O[SiH2]O[SiH3]. The monoisotopic (exact) mass is 242 g/mol. The van der Waals surface area contributed by atoms with E-state index in [-0.39, 0.29) is 0 Å². The van der Waals surface area contributed by atoms with Crippen molar-refractivity contribution in [3.8, 4) is 0 Å². The molecule has 0 aromatic carbocycles. The van der Waals surface area contributed by atoms with Gasteiger partial charge in [0.2, 0.25) is 0 Å². The van der Waals surface area contributed by atoms with Crippen LogP contribution in [0.2, 0.25) is 0 Å². The van der Waals surface area contributed by atoms with E-state index < -0.39 is 39.8 Å². The molecule has 0 rings (SSSR count). The molecule has 0 saturated carbocycles. The van der Waals surface area contributed by atoms with Crippen LogP contribution < -0.4 is 0 Å². The van der Waals surface area contributed by atoms with E-state index in [0.29, 0.717) is 0 Å². The van der Waals surface area contributed by atoms with Gasteiger partial charge >= 0.3 is 0 Å². The second-order valence-electron chi connectivity index (χ2n) is 1.71. The second kappa shape index (κ2) is 10.7. The standard InChI is InChI=1S/C2H14O4Si5/c1-2-8-4-10-6-11-5-9-3-7/h2H,1,8-11H2,7H3. The lowest BCUT2D eigenvalue weighted by Gasteiger charge is -2.03. The minimum absolute atomic E-state index is 0.464. The highest BCUT2D eigenvalue weighted by Gasteiger charge is 1.89. The lowest BCUT2D eigenvalue weighted by Crippen LogP contribution is -2.15. The van der Waals surface area contributed by atoms with Crippen molar-refractivity contribution in [2.45, 2.75) is 0 Å². The highest BCUT2D eigenvalue weighted by molar-refractivity contribution is 6.48. The van der Waals surface area contributed by atoms with E-state index in [0.717, 1.165) is 10.5 Å². The summed E-state index contributed by atoms with van der Waals surface area (Å²) in [5.74, 6) is 0. The third kappa shape index (κ3) is 10.7. The van der Waals surface area contributed by atoms with Crippen LogP contribution in [0.1, 0.15) is 0 Å². The van der Waals surface area contributed by atoms with E-state index in [2.05, 4.69) is 6.58 Å². The third-order valence-electron chi connectivity index (χ3n) is 0.770. The van der Waals surface area contributed by atoms with E-state index in [4.69, 9.17) is 16.5 Å². The van der Waals surface area contributed by atoms with Gasteiger partial charge in [-0.3, -0.25) is 0 Å². The summed E-state index contributed by atoms with van der Waals surface area (Å²) in [6.45, 7) is 3.58. The van der Waals surface area contributed by atoms with E-state index in [1.54, 1.807) is 0 Å². The number of rotatable bonds is 8. The molecule has 0 fully saturated rings. The van der Waals surface area contributed by atoms with Crippen LogP contribution in [0.15, 0.2) is 12.3 Å². The van der Waals surface area contributed by atoms with Crippen LogP contribution in [-0.4, -0.2) is 50.3 Å². The van der Waals surface area contributed by atoms with Crippen LogP contribution in [0.4, 0.5) is 0 Å². The van der Waals surface area contributed by atoms with Crippen molar-refractivity contribution in [1.29, 1.82) is 0 Å². The summed E-state index contributed by atoms with van der Waals surface area (Å²) in [5, 5.41) is 0. The van der Waals surface area contributed by atoms with Gasteiger partial charge in [-0.05, 0) is 0 Å². The average Bonchev–Trinajstić information content (AvgIpc) is 2.03. The zero-order chi connectivity index (χ0) is 8.36. The van der Waals surface area contributed by atoms with Gasteiger partial charge in [-0.15, -0.1) is 6.58 Å². The van der Waals surface area contributed by atoms with Crippen LogP contribution in [0, 0.1) is 0 Å². The molecular formula is C2H14O4Si5. The molecular weight excluding hydrogens is 228 g/mol. The summed E-state index contributed by atoms with van der Waals surface area (Å²) in [5.41, 5.74) is 1.86. The van der Waals surface area contributed by atoms with Gasteiger partial charge in [0.25, 0.3) is 30.0 Å². The predicted molar refractivity (Wildman–Crippen MR) is 58.7 cm³/mol. The zero-order valence-corrected chi connectivity index (χ0v) is 14.4. The van der Waals surface area contributed by atoms with Crippen molar-refractivity contribution >= 4 is 50.3 Å². The Kier molecular flexibility index (Phi) is 11.3. The topological polar surface area (TPSA) is 36.9 Å². The lowest BCUT2D eigenvalue weighted by atomic mass is 11.3. The summed E-state index contributed by atoms with van der Waals surface area (Å²) in [4.78, 5) is 0. The molecule has 9 heteroatoms. The van der Waals surface area contributed by atoms with Crippen LogP contribution in [0.3, 0.4) is 0 Å². The maximum Gasteiger partial charge on any atom is 0.286 e. The third-order valence-corrected chi connectivity index (χ3v) is 6.22. The lowest BCUT2D eigenvalue weighted by molar-refractivity contribution is 0.408. The van der Waals surface area contributed by atoms with Crippen molar-refractivity contribution in [2.24, 2.45) is 0 Å². The summed E-state index contributed by atoms with van der Waals surface area (Å²) in [6.07, 6.45) is 0. The molecule has 0 spiro atoms. The number of hydrogen-bond donors (Lipinski definition) is 0. The first kappa shape index (κ1) is 11.7. The Morgan fingerprint density at radius 2 is 1.73 bits per heavy atom. The molecule has 0 aromatic heterocycles. The highest BCUT2D eigenvalue weighted by Crippen LogP contribution is 1.72. The summed E-state index contributed by atoms with van der Waals surface area (Å²) in [6, 6.07) is 0. The normalized spacial score (nSPS) is 14.5. The van der Waals surface area contributed by atoms with Gasteiger partial charge in [0, 0.05) is 0 Å². The molecule has 0 amide bonds. The minimum Gasteiger partial charge on any atom is -0.449 e. The van der Waals surface area contributed by atoms with Gasteiger partial charge in [-0.2, -0.15) is 0 Å². The van der Waals surface area contributed by atoms with E-state index in [9.17, 15) is 0 Å². The van der Waals surface area contributed by atoms with E-state index in [1.807, 2.05) is 5.70 Å². The van der Waals surface area contributed by atoms with Crippen molar-refractivity contribution in [3.63, 3.8) is 0 Å². The molecule has 4 nitrogen and oxygen atoms in total. The van der Waals surface area contributed by atoms with E-state index >= 15 is 0 Å². The van der Waals surface area contributed by atoms with Crippen LogP contribution in [0.5, 0.6) is 0 Å². The van der Waals surface area contributed by atoms with E-state index in [1.165, 1.54) is 0 Å². The predicted octanol–water partition coefficient (Wildman–Crippen LogP) is -4.44. The fourth-order valence-electron chi connectivity index (χ4n) is 0.401. The Labute approximate surface area is 79.3 Å². The molecule has 0 aliphatic heterocycles. The maximum absolute atomic E-state index is 5.24. The molecule has 0 heterocycles.